The summed E-state index contributed by atoms with van der Waals surface area (Å²) in [6.07, 6.45) is 15.7. The highest BCUT2D eigenvalue weighted by molar-refractivity contribution is 7.64. The zero-order chi connectivity index (χ0) is 8.74. The van der Waals surface area contributed by atoms with Crippen LogP contribution in [-0.4, -0.2) is 18.5 Å². The van der Waals surface area contributed by atoms with Crippen LogP contribution in [-0.2, 0) is 4.57 Å². The van der Waals surface area contributed by atoms with Crippen molar-refractivity contribution in [2.45, 2.75) is 0 Å². The van der Waals surface area contributed by atoms with E-state index in [9.17, 15) is 4.57 Å². The Balaban J connectivity index is 4.34. The van der Waals surface area contributed by atoms with Gasteiger partial charge >= 0.3 is 0 Å². The summed E-state index contributed by atoms with van der Waals surface area (Å²) in [6.45, 7) is 0. The fourth-order valence-corrected chi connectivity index (χ4v) is 2.00. The number of hydrogen-bond acceptors (Lipinski definition) is 1. The van der Waals surface area contributed by atoms with E-state index in [1.165, 1.54) is 0 Å². The summed E-state index contributed by atoms with van der Waals surface area (Å²) in [5, 5.41) is 0. The van der Waals surface area contributed by atoms with E-state index >= 15 is 0 Å². The Morgan fingerprint density at radius 3 is 1.36 bits per heavy atom. The van der Waals surface area contributed by atoms with Crippen LogP contribution >= 0.6 is 7.14 Å². The fourth-order valence-electron chi connectivity index (χ4n) is 0.667. The predicted octanol–water partition coefficient (Wildman–Crippen LogP) is 1.25. The van der Waals surface area contributed by atoms with Crippen LogP contribution in [0.4, 0.5) is 0 Å². The van der Waals surface area contributed by atoms with E-state index in [-0.39, 0.29) is 18.5 Å². The lowest BCUT2D eigenvalue weighted by molar-refractivity contribution is 0.581. The summed E-state index contributed by atoms with van der Waals surface area (Å²) in [7, 11) is -2.43. The topological polar surface area (TPSA) is 17.1 Å². The van der Waals surface area contributed by atoms with Crippen molar-refractivity contribution in [1.82, 2.24) is 0 Å². The Kier molecular flexibility index (Phi) is 4.22. The van der Waals surface area contributed by atoms with Gasteiger partial charge in [0.25, 0.3) is 0 Å². The van der Waals surface area contributed by atoms with Gasteiger partial charge in [0.15, 0.2) is 0 Å². The van der Waals surface area contributed by atoms with Gasteiger partial charge in [-0.2, -0.15) is 0 Å². The minimum absolute atomic E-state index is 0.210. The van der Waals surface area contributed by atoms with Gasteiger partial charge in [-0.05, 0) is 0 Å². The van der Waals surface area contributed by atoms with Crippen molar-refractivity contribution in [3.05, 3.63) is 0 Å². The lowest BCUT2D eigenvalue weighted by atomic mass is 10.8. The zero-order valence-corrected chi connectivity index (χ0v) is 7.10. The molecule has 0 aromatic carbocycles. The minimum Gasteiger partial charge on any atom is -0.321 e. The van der Waals surface area contributed by atoms with Crippen LogP contribution in [0, 0.1) is 37.0 Å². The summed E-state index contributed by atoms with van der Waals surface area (Å²) in [6, 6.07) is 0. The second-order valence-electron chi connectivity index (χ2n) is 2.14. The quantitative estimate of drug-likeness (QED) is 0.453. The summed E-state index contributed by atoms with van der Waals surface area (Å²) >= 11 is 0. The Bertz CT molecular complexity index is 235. The maximum absolute atomic E-state index is 11.6. The zero-order valence-electron chi connectivity index (χ0n) is 6.21. The summed E-state index contributed by atoms with van der Waals surface area (Å²) < 4.78 is 11.6. The molecule has 0 aliphatic rings. The molecule has 11 heavy (non-hydrogen) atoms. The van der Waals surface area contributed by atoms with Crippen molar-refractivity contribution in [2.24, 2.45) is 0 Å². The van der Waals surface area contributed by atoms with Crippen LogP contribution in [0.1, 0.15) is 0 Å². The van der Waals surface area contributed by atoms with Crippen LogP contribution in [0.25, 0.3) is 0 Å². The number of terminal acetylenes is 3. The van der Waals surface area contributed by atoms with E-state index in [1.54, 1.807) is 0 Å². The molecule has 0 fully saturated rings. The highest BCUT2D eigenvalue weighted by atomic mass is 31.2. The molecule has 0 aromatic heterocycles. The van der Waals surface area contributed by atoms with E-state index in [0.717, 1.165) is 0 Å². The monoisotopic (exact) mass is 164 g/mol. The largest absolute Gasteiger partial charge is 0.321 e. The minimum atomic E-state index is -2.43. The van der Waals surface area contributed by atoms with E-state index in [4.69, 9.17) is 19.3 Å². The van der Waals surface area contributed by atoms with Crippen molar-refractivity contribution >= 4 is 7.14 Å². The van der Waals surface area contributed by atoms with Gasteiger partial charge in [-0.1, -0.05) is 17.8 Å². The molecule has 1 nitrogen and oxygen atoms in total. The van der Waals surface area contributed by atoms with Gasteiger partial charge in [-0.3, -0.25) is 0 Å². The molecule has 0 amide bonds. The first-order valence-electron chi connectivity index (χ1n) is 3.06. The van der Waals surface area contributed by atoms with Crippen LogP contribution in [0.3, 0.4) is 0 Å². The van der Waals surface area contributed by atoms with Gasteiger partial charge in [-0.15, -0.1) is 19.3 Å². The predicted molar refractivity (Wildman–Crippen MR) is 48.7 cm³/mol. The van der Waals surface area contributed by atoms with Crippen molar-refractivity contribution in [1.29, 1.82) is 0 Å². The highest BCUT2D eigenvalue weighted by Gasteiger charge is 2.17. The summed E-state index contributed by atoms with van der Waals surface area (Å²) in [5.41, 5.74) is 0. The second-order valence-corrected chi connectivity index (χ2v) is 5.21. The molecule has 56 valence electrons. The Labute approximate surface area is 67.9 Å². The molecule has 0 unspecified atom stereocenters. The molecular formula is C9H9OP. The summed E-state index contributed by atoms with van der Waals surface area (Å²) in [4.78, 5) is 0. The molecule has 0 aliphatic carbocycles. The Hall–Kier alpha value is -1.09. The molecule has 0 bridgehead atoms. The lowest BCUT2D eigenvalue weighted by Gasteiger charge is -2.07. The average molecular weight is 164 g/mol. The first kappa shape index (κ1) is 9.91. The third-order valence-electron chi connectivity index (χ3n) is 1.14. The number of rotatable bonds is 3. The molecule has 0 saturated heterocycles. The normalized spacial score (nSPS) is 9.18. The molecule has 2 heteroatoms. The molecule has 0 heterocycles. The highest BCUT2D eigenvalue weighted by Crippen LogP contribution is 2.43. The van der Waals surface area contributed by atoms with Crippen LogP contribution in [0.5, 0.6) is 0 Å². The second kappa shape index (κ2) is 4.68. The molecule has 0 N–H and O–H groups in total. The van der Waals surface area contributed by atoms with Gasteiger partial charge in [0.2, 0.25) is 0 Å². The number of hydrogen-bond donors (Lipinski definition) is 0. The van der Waals surface area contributed by atoms with E-state index in [0.29, 0.717) is 0 Å². The van der Waals surface area contributed by atoms with Crippen molar-refractivity contribution in [3.63, 3.8) is 0 Å². The van der Waals surface area contributed by atoms with E-state index < -0.39 is 7.14 Å². The van der Waals surface area contributed by atoms with Crippen LogP contribution in [0.15, 0.2) is 0 Å². The van der Waals surface area contributed by atoms with Gasteiger partial charge in [0.1, 0.15) is 7.14 Å². The Morgan fingerprint density at radius 1 is 0.909 bits per heavy atom. The molecular weight excluding hydrogens is 155 g/mol. The van der Waals surface area contributed by atoms with Gasteiger partial charge in [-0.25, -0.2) is 0 Å². The molecule has 0 rings (SSSR count). The van der Waals surface area contributed by atoms with Crippen LogP contribution in [0.2, 0.25) is 0 Å². The molecule has 0 atom stereocenters. The maximum atomic E-state index is 11.6. The maximum Gasteiger partial charge on any atom is 0.122 e. The Morgan fingerprint density at radius 2 is 1.18 bits per heavy atom. The van der Waals surface area contributed by atoms with Gasteiger partial charge in [0, 0.05) is 0 Å². The molecule has 0 saturated carbocycles. The van der Waals surface area contributed by atoms with E-state index in [2.05, 4.69) is 17.8 Å². The van der Waals surface area contributed by atoms with Crippen LogP contribution < -0.4 is 0 Å². The van der Waals surface area contributed by atoms with Gasteiger partial charge < -0.3 is 4.57 Å². The molecule has 0 aliphatic heterocycles. The third-order valence-corrected chi connectivity index (χ3v) is 3.41. The first-order chi connectivity index (χ1) is 5.18. The smallest absolute Gasteiger partial charge is 0.122 e. The van der Waals surface area contributed by atoms with Gasteiger partial charge in [0.05, 0.1) is 18.5 Å². The summed E-state index contributed by atoms with van der Waals surface area (Å²) in [5.74, 6) is 6.97. The molecule has 0 aromatic rings. The standard InChI is InChI=1S/C9H9OP/c1-4-7-11(10,8-5-2)9-6-3/h1-3H,7-9H2. The average Bonchev–Trinajstić information content (AvgIpc) is 1.88. The van der Waals surface area contributed by atoms with Crippen molar-refractivity contribution < 1.29 is 4.57 Å². The first-order valence-corrected chi connectivity index (χ1v) is 5.32. The lowest BCUT2D eigenvalue weighted by Crippen LogP contribution is -1.95. The SMILES string of the molecule is C#CCP(=O)(CC#C)CC#C. The fraction of sp³-hybridized carbons (Fsp3) is 0.333. The molecule has 0 spiro atoms. The third kappa shape index (κ3) is 3.57. The van der Waals surface area contributed by atoms with E-state index in [1.807, 2.05) is 0 Å². The molecule has 0 radical (unpaired) electrons. The van der Waals surface area contributed by atoms with Crippen molar-refractivity contribution in [3.8, 4) is 37.0 Å². The van der Waals surface area contributed by atoms with Crippen molar-refractivity contribution in [2.75, 3.05) is 18.5 Å².